The third kappa shape index (κ3) is 3.41. The number of aliphatic hydroxyl groups is 1. The lowest BCUT2D eigenvalue weighted by Gasteiger charge is -2.19. The van der Waals surface area contributed by atoms with E-state index >= 15 is 0 Å². The van der Waals surface area contributed by atoms with Crippen LogP contribution in [0.25, 0.3) is 0 Å². The Hall–Kier alpha value is -0.330. The van der Waals surface area contributed by atoms with Crippen LogP contribution in [0.5, 0.6) is 0 Å². The SMILES string of the molecule is O=S(=O)(NC1CCCC1CO)c1ccc(Cl)c(Cl)c1. The molecule has 4 nitrogen and oxygen atoms in total. The highest BCUT2D eigenvalue weighted by Gasteiger charge is 2.30. The zero-order valence-corrected chi connectivity index (χ0v) is 12.5. The molecule has 0 heterocycles. The molecular formula is C12H15Cl2NO3S. The van der Waals surface area contributed by atoms with E-state index in [9.17, 15) is 13.5 Å². The Labute approximate surface area is 122 Å². The second-order valence-electron chi connectivity index (χ2n) is 4.68. The van der Waals surface area contributed by atoms with E-state index in [-0.39, 0.29) is 28.5 Å². The maximum Gasteiger partial charge on any atom is 0.240 e. The van der Waals surface area contributed by atoms with Crippen molar-refractivity contribution in [2.75, 3.05) is 6.61 Å². The van der Waals surface area contributed by atoms with Gasteiger partial charge in [0.25, 0.3) is 0 Å². The van der Waals surface area contributed by atoms with Crippen molar-refractivity contribution in [1.29, 1.82) is 0 Å². The summed E-state index contributed by atoms with van der Waals surface area (Å²) in [5, 5.41) is 9.73. The average Bonchev–Trinajstić information content (AvgIpc) is 2.79. The molecule has 0 amide bonds. The molecular weight excluding hydrogens is 309 g/mol. The summed E-state index contributed by atoms with van der Waals surface area (Å²) in [5.41, 5.74) is 0. The van der Waals surface area contributed by atoms with Gasteiger partial charge in [0.15, 0.2) is 0 Å². The number of hydrogen-bond donors (Lipinski definition) is 2. The van der Waals surface area contributed by atoms with E-state index in [1.54, 1.807) is 0 Å². The Bertz CT molecular complexity index is 562. The molecule has 1 aliphatic rings. The Kier molecular flexibility index (Phi) is 4.74. The minimum atomic E-state index is -3.63. The van der Waals surface area contributed by atoms with Crippen molar-refractivity contribution in [2.24, 2.45) is 5.92 Å². The number of rotatable bonds is 4. The molecule has 0 bridgehead atoms. The van der Waals surface area contributed by atoms with Gasteiger partial charge in [0, 0.05) is 12.6 Å². The van der Waals surface area contributed by atoms with Crippen LogP contribution in [0.2, 0.25) is 10.0 Å². The fraction of sp³-hybridized carbons (Fsp3) is 0.500. The smallest absolute Gasteiger partial charge is 0.240 e. The van der Waals surface area contributed by atoms with Crippen molar-refractivity contribution in [1.82, 2.24) is 4.72 Å². The van der Waals surface area contributed by atoms with Crippen molar-refractivity contribution < 1.29 is 13.5 Å². The largest absolute Gasteiger partial charge is 0.396 e. The predicted octanol–water partition coefficient (Wildman–Crippen LogP) is 2.43. The van der Waals surface area contributed by atoms with Crippen LogP contribution in [0, 0.1) is 5.92 Å². The second-order valence-corrected chi connectivity index (χ2v) is 7.21. The highest BCUT2D eigenvalue weighted by atomic mass is 35.5. The van der Waals surface area contributed by atoms with E-state index in [0.717, 1.165) is 19.3 Å². The van der Waals surface area contributed by atoms with Gasteiger partial charge in [0.2, 0.25) is 10.0 Å². The van der Waals surface area contributed by atoms with E-state index in [4.69, 9.17) is 23.2 Å². The fourth-order valence-corrected chi connectivity index (χ4v) is 4.05. The molecule has 106 valence electrons. The Morgan fingerprint density at radius 1 is 1.26 bits per heavy atom. The van der Waals surface area contributed by atoms with Gasteiger partial charge in [-0.05, 0) is 37.0 Å². The van der Waals surface area contributed by atoms with E-state index < -0.39 is 10.0 Å². The molecule has 1 aromatic carbocycles. The Balaban J connectivity index is 2.20. The molecule has 2 rings (SSSR count). The first-order valence-electron chi connectivity index (χ1n) is 6.02. The average molecular weight is 324 g/mol. The first-order chi connectivity index (χ1) is 8.94. The molecule has 0 saturated heterocycles. The van der Waals surface area contributed by atoms with Gasteiger partial charge >= 0.3 is 0 Å². The second kappa shape index (κ2) is 5.97. The number of halogens is 2. The molecule has 0 radical (unpaired) electrons. The topological polar surface area (TPSA) is 66.4 Å². The van der Waals surface area contributed by atoms with Crippen LogP contribution in [0.1, 0.15) is 19.3 Å². The summed E-state index contributed by atoms with van der Waals surface area (Å²) in [7, 11) is -3.63. The summed E-state index contributed by atoms with van der Waals surface area (Å²) in [6.45, 7) is -0.00540. The van der Waals surface area contributed by atoms with Gasteiger partial charge in [0.05, 0.1) is 14.9 Å². The minimum Gasteiger partial charge on any atom is -0.396 e. The van der Waals surface area contributed by atoms with Crippen LogP contribution >= 0.6 is 23.2 Å². The summed E-state index contributed by atoms with van der Waals surface area (Å²) < 4.78 is 27.1. The van der Waals surface area contributed by atoms with Crippen molar-refractivity contribution >= 4 is 33.2 Å². The van der Waals surface area contributed by atoms with Crippen molar-refractivity contribution in [3.05, 3.63) is 28.2 Å². The minimum absolute atomic E-state index is 0.00540. The van der Waals surface area contributed by atoms with Crippen LogP contribution in [-0.4, -0.2) is 26.2 Å². The number of aliphatic hydroxyl groups excluding tert-OH is 1. The summed E-state index contributed by atoms with van der Waals surface area (Å²) in [4.78, 5) is 0.0884. The molecule has 0 spiro atoms. The molecule has 7 heteroatoms. The van der Waals surface area contributed by atoms with Gasteiger partial charge in [-0.1, -0.05) is 29.6 Å². The van der Waals surface area contributed by atoms with Crippen molar-refractivity contribution in [3.63, 3.8) is 0 Å². The molecule has 0 aromatic heterocycles. The molecule has 0 aliphatic heterocycles. The van der Waals surface area contributed by atoms with Crippen molar-refractivity contribution in [2.45, 2.75) is 30.2 Å². The number of nitrogens with one attached hydrogen (secondary N) is 1. The van der Waals surface area contributed by atoms with Crippen LogP contribution in [-0.2, 0) is 10.0 Å². The standard InChI is InChI=1S/C12H15Cl2NO3S/c13-10-5-4-9(6-11(10)14)19(17,18)15-12-3-1-2-8(12)7-16/h4-6,8,12,15-16H,1-3,7H2. The van der Waals surface area contributed by atoms with Gasteiger partial charge in [-0.25, -0.2) is 13.1 Å². The quantitative estimate of drug-likeness (QED) is 0.894. The van der Waals surface area contributed by atoms with E-state index in [2.05, 4.69) is 4.72 Å². The Morgan fingerprint density at radius 3 is 2.63 bits per heavy atom. The first kappa shape index (κ1) is 15.1. The van der Waals surface area contributed by atoms with E-state index in [0.29, 0.717) is 5.02 Å². The van der Waals surface area contributed by atoms with Gasteiger partial charge in [-0.2, -0.15) is 0 Å². The monoisotopic (exact) mass is 323 g/mol. The zero-order chi connectivity index (χ0) is 14.0. The third-order valence-electron chi connectivity index (χ3n) is 3.40. The first-order valence-corrected chi connectivity index (χ1v) is 8.26. The number of benzene rings is 1. The zero-order valence-electron chi connectivity index (χ0n) is 10.1. The molecule has 1 saturated carbocycles. The summed E-state index contributed by atoms with van der Waals surface area (Å²) >= 11 is 11.6. The molecule has 19 heavy (non-hydrogen) atoms. The summed E-state index contributed by atoms with van der Waals surface area (Å²) in [6, 6.07) is 3.98. The normalized spacial score (nSPS) is 23.7. The number of hydrogen-bond acceptors (Lipinski definition) is 3. The third-order valence-corrected chi connectivity index (χ3v) is 5.63. The van der Waals surface area contributed by atoms with Gasteiger partial charge in [0.1, 0.15) is 0 Å². The molecule has 2 unspecified atom stereocenters. The fourth-order valence-electron chi connectivity index (χ4n) is 2.32. The highest BCUT2D eigenvalue weighted by molar-refractivity contribution is 7.89. The maximum atomic E-state index is 12.2. The number of sulfonamides is 1. The molecule has 1 aromatic rings. The molecule has 1 fully saturated rings. The van der Waals surface area contributed by atoms with Crippen LogP contribution < -0.4 is 4.72 Å². The lowest BCUT2D eigenvalue weighted by atomic mass is 10.1. The van der Waals surface area contributed by atoms with Crippen LogP contribution in [0.15, 0.2) is 23.1 Å². The maximum absolute atomic E-state index is 12.2. The highest BCUT2D eigenvalue weighted by Crippen LogP contribution is 2.28. The summed E-state index contributed by atoms with van der Waals surface area (Å²) in [5.74, 6) is -0.0162. The van der Waals surface area contributed by atoms with Crippen LogP contribution in [0.3, 0.4) is 0 Å². The van der Waals surface area contributed by atoms with E-state index in [1.165, 1.54) is 18.2 Å². The molecule has 1 aliphatic carbocycles. The van der Waals surface area contributed by atoms with Gasteiger partial charge in [-0.3, -0.25) is 0 Å². The Morgan fingerprint density at radius 2 is 2.00 bits per heavy atom. The van der Waals surface area contributed by atoms with Crippen molar-refractivity contribution in [3.8, 4) is 0 Å². The van der Waals surface area contributed by atoms with E-state index in [1.807, 2.05) is 0 Å². The van der Waals surface area contributed by atoms with Gasteiger partial charge in [-0.15, -0.1) is 0 Å². The van der Waals surface area contributed by atoms with Gasteiger partial charge < -0.3 is 5.11 Å². The molecule has 2 atom stereocenters. The summed E-state index contributed by atoms with van der Waals surface area (Å²) in [6.07, 6.45) is 2.50. The lowest BCUT2D eigenvalue weighted by molar-refractivity contribution is 0.213. The predicted molar refractivity (Wildman–Crippen MR) is 75.0 cm³/mol. The van der Waals surface area contributed by atoms with Crippen LogP contribution in [0.4, 0.5) is 0 Å². The lowest BCUT2D eigenvalue weighted by Crippen LogP contribution is -2.38. The molecule has 2 N–H and O–H groups in total.